The van der Waals surface area contributed by atoms with Gasteiger partial charge in [-0.1, -0.05) is 60.7 Å². The minimum atomic E-state index is -1.42. The van der Waals surface area contributed by atoms with E-state index in [4.69, 9.17) is 23.4 Å². The van der Waals surface area contributed by atoms with E-state index in [1.54, 1.807) is 30.9 Å². The van der Waals surface area contributed by atoms with Gasteiger partial charge >= 0.3 is 0 Å². The van der Waals surface area contributed by atoms with Crippen LogP contribution in [0.25, 0.3) is 33.4 Å². The summed E-state index contributed by atoms with van der Waals surface area (Å²) in [4.78, 5) is 32.7. The fourth-order valence-corrected chi connectivity index (χ4v) is 10.5. The molecule has 4 heterocycles. The zero-order valence-electron chi connectivity index (χ0n) is 39.8. The SMILES string of the molecule is COc1ccc(C(OCC(O)C(=O)N2CC[N+](=c3ccc4c(-c5ccc6c(c5C)OCCN6C(C)=O)c5ccc(N6CCCCC6)cc5oc-4c3)CC2)(c2ccccc2)c2ccc(OC)cc2)cc1. The number of hydrogen-bond acceptors (Lipinski definition) is 9. The predicted molar refractivity (Wildman–Crippen MR) is 268 cm³/mol. The molecule has 69 heavy (non-hydrogen) atoms. The van der Waals surface area contributed by atoms with Gasteiger partial charge in [-0.05, 0) is 97.0 Å². The zero-order valence-corrected chi connectivity index (χ0v) is 39.8. The van der Waals surface area contributed by atoms with Crippen molar-refractivity contribution in [3.63, 3.8) is 0 Å². The number of carbonyl (C=O) groups is 2. The van der Waals surface area contributed by atoms with Crippen molar-refractivity contribution in [3.05, 3.63) is 155 Å². The highest BCUT2D eigenvalue weighted by molar-refractivity contribution is 6.04. The van der Waals surface area contributed by atoms with Crippen molar-refractivity contribution in [3.8, 4) is 39.7 Å². The highest BCUT2D eigenvalue weighted by Crippen LogP contribution is 2.47. The molecule has 5 aromatic rings. The Morgan fingerprint density at radius 1 is 0.739 bits per heavy atom. The number of nitrogens with zero attached hydrogens (tertiary/aromatic N) is 4. The Kier molecular flexibility index (Phi) is 12.9. The first-order chi connectivity index (χ1) is 33.7. The van der Waals surface area contributed by atoms with E-state index in [0.717, 1.165) is 91.2 Å². The average molecular weight is 928 g/mol. The maximum atomic E-state index is 14.1. The van der Waals surface area contributed by atoms with Crippen molar-refractivity contribution in [2.24, 2.45) is 0 Å². The van der Waals surface area contributed by atoms with Crippen molar-refractivity contribution >= 4 is 34.2 Å². The van der Waals surface area contributed by atoms with Gasteiger partial charge < -0.3 is 43.2 Å². The number of rotatable bonds is 11. The van der Waals surface area contributed by atoms with Crippen molar-refractivity contribution < 1.29 is 38.1 Å². The second-order valence-electron chi connectivity index (χ2n) is 18.1. The van der Waals surface area contributed by atoms with Crippen LogP contribution in [0.4, 0.5) is 11.4 Å². The van der Waals surface area contributed by atoms with Gasteiger partial charge in [0.2, 0.25) is 11.3 Å². The highest BCUT2D eigenvalue weighted by atomic mass is 16.5. The number of aliphatic hydroxyl groups is 1. The Labute approximate surface area is 402 Å². The molecule has 12 nitrogen and oxygen atoms in total. The van der Waals surface area contributed by atoms with Gasteiger partial charge in [0.15, 0.2) is 19.2 Å². The molecule has 0 saturated carbocycles. The summed E-state index contributed by atoms with van der Waals surface area (Å²) < 4.78 is 33.3. The van der Waals surface area contributed by atoms with Crippen LogP contribution in [0.2, 0.25) is 0 Å². The van der Waals surface area contributed by atoms with Crippen molar-refractivity contribution in [2.45, 2.75) is 44.8 Å². The van der Waals surface area contributed by atoms with Crippen LogP contribution in [-0.4, -0.2) is 101 Å². The molecule has 2 fully saturated rings. The molecule has 0 bridgehead atoms. The predicted octanol–water partition coefficient (Wildman–Crippen LogP) is 8.25. The van der Waals surface area contributed by atoms with Crippen LogP contribution in [0.3, 0.4) is 0 Å². The van der Waals surface area contributed by atoms with E-state index in [9.17, 15) is 14.7 Å². The first kappa shape index (κ1) is 45.6. The van der Waals surface area contributed by atoms with E-state index in [2.05, 4.69) is 58.9 Å². The van der Waals surface area contributed by atoms with E-state index in [1.165, 1.54) is 19.3 Å². The topological polar surface area (TPSA) is 117 Å². The molecule has 5 aliphatic rings. The third kappa shape index (κ3) is 8.68. The molecule has 0 spiro atoms. The summed E-state index contributed by atoms with van der Waals surface area (Å²) >= 11 is 0. The Balaban J connectivity index is 0.945. The quantitative estimate of drug-likeness (QED) is 0.0778. The summed E-state index contributed by atoms with van der Waals surface area (Å²) in [6.07, 6.45) is 2.17. The molecule has 1 N–H and O–H groups in total. The van der Waals surface area contributed by atoms with E-state index in [-0.39, 0.29) is 18.4 Å². The summed E-state index contributed by atoms with van der Waals surface area (Å²) in [5, 5.41) is 13.6. The first-order valence-electron chi connectivity index (χ1n) is 24.0. The number of carbonyl (C=O) groups excluding carboxylic acids is 2. The fourth-order valence-electron chi connectivity index (χ4n) is 10.5. The van der Waals surface area contributed by atoms with Gasteiger partial charge in [-0.25, -0.2) is 4.58 Å². The zero-order chi connectivity index (χ0) is 47.6. The van der Waals surface area contributed by atoms with Gasteiger partial charge in [-0.3, -0.25) is 9.59 Å². The number of aliphatic hydroxyl groups excluding tert-OH is 1. The minimum Gasteiger partial charge on any atom is -0.497 e. The fraction of sp³-hybridized carbons (Fsp3) is 0.316. The molecule has 5 aromatic carbocycles. The molecule has 1 unspecified atom stereocenters. The third-order valence-electron chi connectivity index (χ3n) is 14.2. The maximum absolute atomic E-state index is 14.1. The molecule has 10 rings (SSSR count). The number of ether oxygens (including phenoxy) is 4. The highest BCUT2D eigenvalue weighted by Gasteiger charge is 2.40. The number of fused-ring (bicyclic) bond motifs is 3. The van der Waals surface area contributed by atoms with Crippen LogP contribution in [0, 0.1) is 6.92 Å². The van der Waals surface area contributed by atoms with Gasteiger partial charge in [0, 0.05) is 59.9 Å². The molecule has 0 radical (unpaired) electrons. The number of amides is 2. The molecule has 0 aromatic heterocycles. The molecule has 2 amide bonds. The molecule has 1 atom stereocenters. The lowest BCUT2D eigenvalue weighted by molar-refractivity contribution is -0.146. The van der Waals surface area contributed by atoms with Gasteiger partial charge in [-0.2, -0.15) is 0 Å². The second-order valence-corrected chi connectivity index (χ2v) is 18.1. The second kappa shape index (κ2) is 19.5. The van der Waals surface area contributed by atoms with E-state index in [1.807, 2.05) is 84.9 Å². The lowest BCUT2D eigenvalue weighted by atomic mass is 9.80. The van der Waals surface area contributed by atoms with Crippen LogP contribution >= 0.6 is 0 Å². The van der Waals surface area contributed by atoms with E-state index < -0.39 is 11.7 Å². The van der Waals surface area contributed by atoms with Crippen molar-refractivity contribution in [1.29, 1.82) is 0 Å². The molecule has 12 heteroatoms. The van der Waals surface area contributed by atoms with Crippen molar-refractivity contribution in [2.75, 3.05) is 83.0 Å². The molecule has 354 valence electrons. The number of hydrogen-bond donors (Lipinski definition) is 1. The number of methoxy groups -OCH3 is 2. The minimum absolute atomic E-state index is 0.00862. The van der Waals surface area contributed by atoms with Gasteiger partial charge in [-0.15, -0.1) is 0 Å². The summed E-state index contributed by atoms with van der Waals surface area (Å²) in [5.74, 6) is 2.48. The summed E-state index contributed by atoms with van der Waals surface area (Å²) in [6, 6.07) is 42.2. The number of benzene rings is 6. The summed E-state index contributed by atoms with van der Waals surface area (Å²) in [5.41, 5.74) is 8.02. The van der Waals surface area contributed by atoms with Gasteiger partial charge in [0.05, 0.1) is 52.2 Å². The maximum Gasteiger partial charge on any atom is 0.254 e. The molecular weight excluding hydrogens is 869 g/mol. The standard InChI is InChI=1S/C57H59N4O8/c1-38-47(25-26-50-55(38)67-34-33-61(50)39(2)62)54-48-23-17-43(58-27-9-6-10-28-58)35-52(48)69-53-36-44(18-24-49(53)54)59-29-31-60(32-30-59)56(64)51(63)37-68-57(40-11-7-5-8-12-40,41-13-19-45(65-3)20-14-41)42-15-21-46(66-4)22-16-42/h5,7-8,11-26,35-36,51,63H,6,9-10,27-34,37H2,1-4H3/q+1. The number of piperidine rings is 1. The Morgan fingerprint density at radius 3 is 2.04 bits per heavy atom. The molecule has 4 aliphatic heterocycles. The van der Waals surface area contributed by atoms with Crippen LogP contribution < -0.4 is 33.9 Å². The Morgan fingerprint density at radius 2 is 1.39 bits per heavy atom. The first-order valence-corrected chi connectivity index (χ1v) is 24.0. The smallest absolute Gasteiger partial charge is 0.254 e. The molecule has 1 aliphatic carbocycles. The van der Waals surface area contributed by atoms with Crippen LogP contribution in [-0.2, 0) is 19.9 Å². The van der Waals surface area contributed by atoms with E-state index in [0.29, 0.717) is 50.8 Å². The Bertz CT molecular complexity index is 2980. The van der Waals surface area contributed by atoms with E-state index >= 15 is 0 Å². The lowest BCUT2D eigenvalue weighted by Gasteiger charge is -2.37. The number of piperazine rings is 1. The average Bonchev–Trinajstić information content (AvgIpc) is 3.40. The molecular formula is C57H59N4O8+. The third-order valence-corrected chi connectivity index (χ3v) is 14.2. The monoisotopic (exact) mass is 927 g/mol. The lowest BCUT2D eigenvalue weighted by Crippen LogP contribution is -2.53. The largest absolute Gasteiger partial charge is 0.497 e. The van der Waals surface area contributed by atoms with Crippen LogP contribution in [0.15, 0.2) is 132 Å². The van der Waals surface area contributed by atoms with Crippen LogP contribution in [0.1, 0.15) is 48.4 Å². The van der Waals surface area contributed by atoms with Gasteiger partial charge in [0.25, 0.3) is 5.91 Å². The normalized spacial score (nSPS) is 15.7. The van der Waals surface area contributed by atoms with Crippen molar-refractivity contribution in [1.82, 2.24) is 9.48 Å². The van der Waals surface area contributed by atoms with Gasteiger partial charge in [0.1, 0.15) is 40.8 Å². The molecule has 2 saturated heterocycles. The summed E-state index contributed by atoms with van der Waals surface area (Å²) in [7, 11) is 3.25. The number of anilines is 2. The summed E-state index contributed by atoms with van der Waals surface area (Å²) in [6.45, 7) is 8.35. The Hall–Kier alpha value is -7.15. The van der Waals surface area contributed by atoms with Crippen LogP contribution in [0.5, 0.6) is 17.2 Å².